The van der Waals surface area contributed by atoms with Gasteiger partial charge in [0.15, 0.2) is 4.34 Å². The highest BCUT2D eigenvalue weighted by atomic mass is 32.2. The van der Waals surface area contributed by atoms with Gasteiger partial charge in [-0.2, -0.15) is 0 Å². The van der Waals surface area contributed by atoms with E-state index in [1.807, 2.05) is 48.2 Å². The highest BCUT2D eigenvalue weighted by Crippen LogP contribution is 2.43. The number of anilines is 1. The van der Waals surface area contributed by atoms with Crippen molar-refractivity contribution in [1.29, 1.82) is 0 Å². The Labute approximate surface area is 188 Å². The van der Waals surface area contributed by atoms with E-state index in [-0.39, 0.29) is 30.0 Å². The molecule has 0 bridgehead atoms. The quantitative estimate of drug-likeness (QED) is 0.556. The molecular formula is C22H21N3O2S3. The van der Waals surface area contributed by atoms with Crippen molar-refractivity contribution in [3.63, 3.8) is 0 Å². The molecule has 2 aromatic carbocycles. The van der Waals surface area contributed by atoms with Crippen molar-refractivity contribution in [2.45, 2.75) is 28.6 Å². The van der Waals surface area contributed by atoms with Crippen LogP contribution in [0.1, 0.15) is 22.2 Å². The van der Waals surface area contributed by atoms with Gasteiger partial charge in [0.2, 0.25) is 11.8 Å². The summed E-state index contributed by atoms with van der Waals surface area (Å²) in [5, 5.41) is 0. The number of thiazole rings is 1. The van der Waals surface area contributed by atoms with Gasteiger partial charge in [-0.3, -0.25) is 9.59 Å². The molecule has 8 heteroatoms. The Bertz CT molecular complexity index is 1070. The lowest BCUT2D eigenvalue weighted by atomic mass is 10.1. The zero-order chi connectivity index (χ0) is 21.1. The number of carbonyl (C=O) groups excluding carboxylic acids is 2. The van der Waals surface area contributed by atoms with Crippen molar-refractivity contribution >= 4 is 52.4 Å². The molecule has 2 heterocycles. The summed E-state index contributed by atoms with van der Waals surface area (Å²) in [7, 11) is 0. The second kappa shape index (κ2) is 9.24. The van der Waals surface area contributed by atoms with Crippen LogP contribution in [0.5, 0.6) is 0 Å². The summed E-state index contributed by atoms with van der Waals surface area (Å²) < 4.78 is 0.785. The van der Waals surface area contributed by atoms with Crippen molar-refractivity contribution in [3.8, 4) is 0 Å². The molecule has 0 fully saturated rings. The van der Waals surface area contributed by atoms with Gasteiger partial charge in [-0.1, -0.05) is 54.2 Å². The third-order valence-electron chi connectivity index (χ3n) is 4.81. The van der Waals surface area contributed by atoms with Gasteiger partial charge in [-0.15, -0.1) is 23.1 Å². The van der Waals surface area contributed by atoms with Crippen molar-refractivity contribution in [3.05, 3.63) is 70.7 Å². The van der Waals surface area contributed by atoms with Crippen molar-refractivity contribution in [2.24, 2.45) is 5.73 Å². The normalized spacial score (nSPS) is 15.6. The maximum atomic E-state index is 13.4. The number of para-hydroxylation sites is 1. The average Bonchev–Trinajstić information content (AvgIpc) is 3.10. The van der Waals surface area contributed by atoms with Crippen molar-refractivity contribution < 1.29 is 9.59 Å². The molecule has 1 atom stereocenters. The van der Waals surface area contributed by atoms with Crippen LogP contribution in [0.4, 0.5) is 5.69 Å². The van der Waals surface area contributed by atoms with Crippen molar-refractivity contribution in [1.82, 2.24) is 4.98 Å². The molecular weight excluding hydrogens is 434 g/mol. The highest BCUT2D eigenvalue weighted by Gasteiger charge is 2.32. The number of rotatable bonds is 6. The molecule has 0 unspecified atom stereocenters. The molecule has 30 heavy (non-hydrogen) atoms. The summed E-state index contributed by atoms with van der Waals surface area (Å²) in [5.41, 5.74) is 8.20. The first-order chi connectivity index (χ1) is 14.5. The lowest BCUT2D eigenvalue weighted by Gasteiger charge is -2.37. The van der Waals surface area contributed by atoms with Crippen LogP contribution >= 0.6 is 34.9 Å². The van der Waals surface area contributed by atoms with Crippen LogP contribution in [0, 0.1) is 6.92 Å². The Balaban J connectivity index is 1.56. The first kappa shape index (κ1) is 21.0. The molecule has 4 rings (SSSR count). The second-order valence-electron chi connectivity index (χ2n) is 6.89. The highest BCUT2D eigenvalue weighted by molar-refractivity contribution is 8.01. The van der Waals surface area contributed by atoms with Gasteiger partial charge in [-0.05, 0) is 24.6 Å². The predicted molar refractivity (Wildman–Crippen MR) is 124 cm³/mol. The number of nitrogens with zero attached hydrogens (tertiary/aromatic N) is 2. The number of amides is 2. The maximum Gasteiger partial charge on any atom is 0.238 e. The maximum absolute atomic E-state index is 13.4. The SMILES string of the molecule is Cc1nc(SCC(=O)N2c3ccccc3SC[C@@H]2c2ccccc2)sc1CC(N)=O. The van der Waals surface area contributed by atoms with Gasteiger partial charge >= 0.3 is 0 Å². The molecule has 0 spiro atoms. The smallest absolute Gasteiger partial charge is 0.238 e. The summed E-state index contributed by atoms with van der Waals surface area (Å²) in [5.74, 6) is 0.774. The van der Waals surface area contributed by atoms with E-state index in [2.05, 4.69) is 23.2 Å². The summed E-state index contributed by atoms with van der Waals surface area (Å²) in [6.45, 7) is 1.87. The lowest BCUT2D eigenvalue weighted by Crippen LogP contribution is -2.39. The minimum absolute atomic E-state index is 0.0114. The summed E-state index contributed by atoms with van der Waals surface area (Å²) in [6.07, 6.45) is 0.185. The molecule has 0 aliphatic carbocycles. The first-order valence-corrected chi connectivity index (χ1v) is 12.3. The van der Waals surface area contributed by atoms with E-state index in [0.29, 0.717) is 0 Å². The molecule has 1 aliphatic heterocycles. The number of carbonyl (C=O) groups is 2. The minimum Gasteiger partial charge on any atom is -0.369 e. The number of thioether (sulfide) groups is 2. The molecule has 1 aromatic heterocycles. The van der Waals surface area contributed by atoms with Crippen LogP contribution in [0.25, 0.3) is 0 Å². The molecule has 2 amide bonds. The van der Waals surface area contributed by atoms with Crippen LogP contribution in [0.3, 0.4) is 0 Å². The van der Waals surface area contributed by atoms with Crippen LogP contribution < -0.4 is 10.6 Å². The van der Waals surface area contributed by atoms with E-state index in [1.165, 1.54) is 23.1 Å². The van der Waals surface area contributed by atoms with E-state index in [0.717, 1.165) is 36.8 Å². The molecule has 2 N–H and O–H groups in total. The van der Waals surface area contributed by atoms with Gasteiger partial charge in [0, 0.05) is 15.5 Å². The topological polar surface area (TPSA) is 76.3 Å². The molecule has 1 aliphatic rings. The summed E-state index contributed by atoms with van der Waals surface area (Å²) in [6, 6.07) is 18.2. The Morgan fingerprint density at radius 1 is 1.17 bits per heavy atom. The lowest BCUT2D eigenvalue weighted by molar-refractivity contribution is -0.117. The fraction of sp³-hybridized carbons (Fsp3) is 0.227. The van der Waals surface area contributed by atoms with Gasteiger partial charge in [0.05, 0.1) is 29.6 Å². The fourth-order valence-electron chi connectivity index (χ4n) is 3.40. The summed E-state index contributed by atoms with van der Waals surface area (Å²) >= 11 is 4.63. The minimum atomic E-state index is -0.373. The number of aromatic nitrogens is 1. The number of primary amides is 1. The van der Waals surface area contributed by atoms with E-state index >= 15 is 0 Å². The van der Waals surface area contributed by atoms with E-state index < -0.39 is 0 Å². The van der Waals surface area contributed by atoms with Gasteiger partial charge in [0.25, 0.3) is 0 Å². The number of aryl methyl sites for hydroxylation is 1. The Morgan fingerprint density at radius 2 is 1.90 bits per heavy atom. The molecule has 0 saturated carbocycles. The molecule has 0 saturated heterocycles. The monoisotopic (exact) mass is 455 g/mol. The third kappa shape index (κ3) is 4.55. The zero-order valence-electron chi connectivity index (χ0n) is 16.4. The number of hydrogen-bond donors (Lipinski definition) is 1. The Kier molecular flexibility index (Phi) is 6.46. The molecule has 0 radical (unpaired) electrons. The fourth-order valence-corrected chi connectivity index (χ4v) is 6.67. The second-order valence-corrected chi connectivity index (χ2v) is 10.3. The number of fused-ring (bicyclic) bond motifs is 1. The average molecular weight is 456 g/mol. The van der Waals surface area contributed by atoms with Gasteiger partial charge in [0.1, 0.15) is 0 Å². The van der Waals surface area contributed by atoms with E-state index in [1.54, 1.807) is 11.8 Å². The van der Waals surface area contributed by atoms with E-state index in [4.69, 9.17) is 5.73 Å². The van der Waals surface area contributed by atoms with Crippen LogP contribution in [0.15, 0.2) is 63.8 Å². The molecule has 3 aromatic rings. The molecule has 154 valence electrons. The standard InChI is InChI=1S/C22H21N3O2S3/c1-14-19(11-20(23)26)30-22(24-14)29-13-21(27)25-16-9-5-6-10-18(16)28-12-17(25)15-7-3-2-4-8-15/h2-10,17H,11-13H2,1H3,(H2,23,26)/t17-/m1/s1. The Morgan fingerprint density at radius 3 is 2.67 bits per heavy atom. The number of nitrogens with two attached hydrogens (primary N) is 1. The van der Waals surface area contributed by atoms with Crippen molar-refractivity contribution in [2.75, 3.05) is 16.4 Å². The van der Waals surface area contributed by atoms with Gasteiger partial charge in [-0.25, -0.2) is 4.98 Å². The molecule has 5 nitrogen and oxygen atoms in total. The summed E-state index contributed by atoms with van der Waals surface area (Å²) in [4.78, 5) is 33.0. The van der Waals surface area contributed by atoms with Gasteiger partial charge < -0.3 is 10.6 Å². The van der Waals surface area contributed by atoms with Crippen LogP contribution in [-0.2, 0) is 16.0 Å². The Hall–Kier alpha value is -2.29. The third-order valence-corrected chi connectivity index (χ3v) is 8.24. The van der Waals surface area contributed by atoms with Crippen LogP contribution in [0.2, 0.25) is 0 Å². The zero-order valence-corrected chi connectivity index (χ0v) is 18.9. The van der Waals surface area contributed by atoms with E-state index in [9.17, 15) is 9.59 Å². The predicted octanol–water partition coefficient (Wildman–Crippen LogP) is 4.45. The number of benzene rings is 2. The number of hydrogen-bond acceptors (Lipinski definition) is 6. The first-order valence-electron chi connectivity index (χ1n) is 9.49. The van der Waals surface area contributed by atoms with Crippen LogP contribution in [-0.4, -0.2) is 28.3 Å². The largest absolute Gasteiger partial charge is 0.369 e.